The lowest BCUT2D eigenvalue weighted by Gasteiger charge is -2.17. The second-order valence-corrected chi connectivity index (χ2v) is 6.83. The van der Waals surface area contributed by atoms with Crippen LogP contribution in [0.15, 0.2) is 18.2 Å². The van der Waals surface area contributed by atoms with E-state index in [1.54, 1.807) is 18.2 Å². The quantitative estimate of drug-likeness (QED) is 0.767. The Hall–Kier alpha value is -2.28. The summed E-state index contributed by atoms with van der Waals surface area (Å²) in [5, 5.41) is 9.60. The molecule has 1 aromatic rings. The number of hydrogen-bond donors (Lipinski definition) is 1. The third kappa shape index (κ3) is 3.93. The summed E-state index contributed by atoms with van der Waals surface area (Å²) in [5.74, 6) is -0.0802. The molecule has 0 radical (unpaired) electrons. The lowest BCUT2D eigenvalue weighted by molar-refractivity contribution is -0.148. The van der Waals surface area contributed by atoms with Gasteiger partial charge in [0.25, 0.3) is 0 Å². The summed E-state index contributed by atoms with van der Waals surface area (Å²) in [6.45, 7) is 1.52. The number of aromatic hydroxyl groups is 1. The fraction of sp³-hybridized carbons (Fsp3) is 0.579. The van der Waals surface area contributed by atoms with Crippen LogP contribution in [-0.2, 0) is 25.5 Å². The predicted molar refractivity (Wildman–Crippen MR) is 93.0 cm³/mol. The van der Waals surface area contributed by atoms with Crippen molar-refractivity contribution < 1.29 is 28.9 Å². The molecule has 3 atom stereocenters. The van der Waals surface area contributed by atoms with Crippen molar-refractivity contribution in [1.29, 1.82) is 0 Å². The van der Waals surface area contributed by atoms with Gasteiger partial charge in [-0.25, -0.2) is 0 Å². The number of phenols is 1. The Morgan fingerprint density at radius 1 is 1.31 bits per heavy atom. The first-order valence-corrected chi connectivity index (χ1v) is 8.89. The molecule has 0 aliphatic carbocycles. The molecular weight excluding hydrogens is 338 g/mol. The van der Waals surface area contributed by atoms with Gasteiger partial charge in [0.05, 0.1) is 20.1 Å². The third-order valence-corrected chi connectivity index (χ3v) is 5.27. The number of carbonyl (C=O) groups is 2. The minimum atomic E-state index is -0.252. The number of fused-ring (bicyclic) bond motifs is 1. The summed E-state index contributed by atoms with van der Waals surface area (Å²) in [7, 11) is 2.90. The predicted octanol–water partition coefficient (Wildman–Crippen LogP) is 1.51. The summed E-state index contributed by atoms with van der Waals surface area (Å²) < 4.78 is 15.5. The molecule has 26 heavy (non-hydrogen) atoms. The van der Waals surface area contributed by atoms with Gasteiger partial charge in [-0.2, -0.15) is 0 Å². The molecule has 0 bridgehead atoms. The van der Waals surface area contributed by atoms with Crippen LogP contribution in [0.25, 0.3) is 0 Å². The van der Waals surface area contributed by atoms with Crippen molar-refractivity contribution in [2.75, 3.05) is 27.3 Å². The van der Waals surface area contributed by atoms with Crippen LogP contribution in [0, 0.1) is 5.92 Å². The zero-order valence-electron chi connectivity index (χ0n) is 15.1. The fourth-order valence-electron chi connectivity index (χ4n) is 3.94. The first-order chi connectivity index (χ1) is 12.5. The molecular formula is C19H25NO6. The number of carbonyl (C=O) groups excluding carboxylic acids is 2. The van der Waals surface area contributed by atoms with Crippen LogP contribution >= 0.6 is 0 Å². The van der Waals surface area contributed by atoms with Gasteiger partial charge >= 0.3 is 11.9 Å². The maximum Gasteiger partial charge on any atom is 0.310 e. The highest BCUT2D eigenvalue weighted by Crippen LogP contribution is 2.35. The van der Waals surface area contributed by atoms with Crippen molar-refractivity contribution in [3.05, 3.63) is 23.8 Å². The highest BCUT2D eigenvalue weighted by atomic mass is 16.5. The summed E-state index contributed by atoms with van der Waals surface area (Å²) in [6, 6.07) is 5.15. The van der Waals surface area contributed by atoms with Gasteiger partial charge in [0.1, 0.15) is 6.10 Å². The molecule has 1 N–H and O–H groups in total. The molecule has 0 saturated carbocycles. The summed E-state index contributed by atoms with van der Waals surface area (Å²) >= 11 is 0. The van der Waals surface area contributed by atoms with Gasteiger partial charge < -0.3 is 19.3 Å². The highest BCUT2D eigenvalue weighted by Gasteiger charge is 2.46. The van der Waals surface area contributed by atoms with E-state index in [-0.39, 0.29) is 42.2 Å². The average Bonchev–Trinajstić information content (AvgIpc) is 3.20. The number of methoxy groups -OCH3 is 2. The Kier molecular flexibility index (Phi) is 5.66. The number of ether oxygens (including phenoxy) is 3. The number of hydrogen-bond acceptors (Lipinski definition) is 7. The first-order valence-electron chi connectivity index (χ1n) is 8.89. The molecule has 3 rings (SSSR count). The van der Waals surface area contributed by atoms with Gasteiger partial charge in [0.15, 0.2) is 11.5 Å². The molecule has 0 aromatic heterocycles. The van der Waals surface area contributed by atoms with E-state index in [9.17, 15) is 14.7 Å². The molecule has 1 aromatic carbocycles. The summed E-state index contributed by atoms with van der Waals surface area (Å²) in [6.07, 6.45) is 2.09. The van der Waals surface area contributed by atoms with E-state index in [0.717, 1.165) is 18.5 Å². The van der Waals surface area contributed by atoms with Gasteiger partial charge in [-0.15, -0.1) is 0 Å². The normalized spacial score (nSPS) is 24.9. The van der Waals surface area contributed by atoms with E-state index < -0.39 is 0 Å². The van der Waals surface area contributed by atoms with Crippen LogP contribution in [0.3, 0.4) is 0 Å². The van der Waals surface area contributed by atoms with Crippen LogP contribution in [0.1, 0.15) is 24.8 Å². The smallest absolute Gasteiger partial charge is 0.310 e. The van der Waals surface area contributed by atoms with Crippen LogP contribution in [-0.4, -0.2) is 61.4 Å². The minimum absolute atomic E-state index is 0.0746. The first kappa shape index (κ1) is 18.5. The molecule has 0 amide bonds. The monoisotopic (exact) mass is 363 g/mol. The summed E-state index contributed by atoms with van der Waals surface area (Å²) in [4.78, 5) is 26.2. The van der Waals surface area contributed by atoms with E-state index in [4.69, 9.17) is 14.2 Å². The molecule has 7 heteroatoms. The minimum Gasteiger partial charge on any atom is -0.504 e. The Morgan fingerprint density at radius 3 is 2.85 bits per heavy atom. The summed E-state index contributed by atoms with van der Waals surface area (Å²) in [5.41, 5.74) is 0.898. The van der Waals surface area contributed by atoms with Crippen LogP contribution in [0.2, 0.25) is 0 Å². The molecule has 2 aliphatic rings. The Labute approximate surface area is 152 Å². The van der Waals surface area contributed by atoms with E-state index in [2.05, 4.69) is 4.90 Å². The molecule has 0 unspecified atom stereocenters. The lowest BCUT2D eigenvalue weighted by Crippen LogP contribution is -2.30. The second kappa shape index (κ2) is 7.95. The highest BCUT2D eigenvalue weighted by molar-refractivity contribution is 5.74. The van der Waals surface area contributed by atoms with E-state index in [0.29, 0.717) is 25.1 Å². The zero-order valence-corrected chi connectivity index (χ0v) is 15.1. The Balaban J connectivity index is 1.48. The number of nitrogens with zero attached hydrogens (tertiary/aromatic N) is 1. The molecule has 2 fully saturated rings. The maximum absolute atomic E-state index is 12.2. The van der Waals surface area contributed by atoms with E-state index in [1.165, 1.54) is 14.2 Å². The third-order valence-electron chi connectivity index (χ3n) is 5.27. The van der Waals surface area contributed by atoms with Crippen LogP contribution in [0.4, 0.5) is 0 Å². The molecule has 2 aliphatic heterocycles. The number of rotatable bonds is 6. The van der Waals surface area contributed by atoms with Gasteiger partial charge in [0, 0.05) is 25.4 Å². The van der Waals surface area contributed by atoms with Crippen molar-refractivity contribution in [3.8, 4) is 11.5 Å². The van der Waals surface area contributed by atoms with Gasteiger partial charge in [0.2, 0.25) is 0 Å². The van der Waals surface area contributed by atoms with Crippen LogP contribution in [0.5, 0.6) is 11.5 Å². The standard InChI is InChI=1S/C19H25NO6/c1-24-17-9-12(3-5-16(17)21)4-6-18(22)26-13-10-15-14(19(23)25-2)7-8-20(15)11-13/h3,5,9,13-15,21H,4,6-8,10-11H2,1-2H3/t13-,14-,15-/m1/s1. The zero-order chi connectivity index (χ0) is 18.7. The number of aryl methyl sites for hydroxylation is 1. The molecule has 2 heterocycles. The largest absolute Gasteiger partial charge is 0.504 e. The van der Waals surface area contributed by atoms with Crippen LogP contribution < -0.4 is 4.74 Å². The molecule has 7 nitrogen and oxygen atoms in total. The molecule has 2 saturated heterocycles. The second-order valence-electron chi connectivity index (χ2n) is 6.83. The van der Waals surface area contributed by atoms with Crippen molar-refractivity contribution in [3.63, 3.8) is 0 Å². The van der Waals surface area contributed by atoms with Crippen molar-refractivity contribution >= 4 is 11.9 Å². The van der Waals surface area contributed by atoms with E-state index >= 15 is 0 Å². The van der Waals surface area contributed by atoms with E-state index in [1.807, 2.05) is 0 Å². The van der Waals surface area contributed by atoms with Crippen molar-refractivity contribution in [2.45, 2.75) is 37.8 Å². The number of benzene rings is 1. The van der Waals surface area contributed by atoms with Gasteiger partial charge in [-0.1, -0.05) is 6.07 Å². The topological polar surface area (TPSA) is 85.3 Å². The SMILES string of the molecule is COC(=O)[C@@H]1CCN2C[C@H](OC(=O)CCc3ccc(O)c(OC)c3)C[C@H]12. The average molecular weight is 363 g/mol. The molecule has 142 valence electrons. The van der Waals surface area contributed by atoms with Gasteiger partial charge in [-0.3, -0.25) is 14.5 Å². The van der Waals surface area contributed by atoms with Gasteiger partial charge in [-0.05, 0) is 37.1 Å². The maximum atomic E-state index is 12.2. The number of phenolic OH excluding ortho intramolecular Hbond substituents is 1. The molecule has 0 spiro atoms. The van der Waals surface area contributed by atoms with Crippen molar-refractivity contribution in [2.24, 2.45) is 5.92 Å². The number of esters is 2. The van der Waals surface area contributed by atoms with Crippen molar-refractivity contribution in [1.82, 2.24) is 4.90 Å². The Morgan fingerprint density at radius 2 is 2.12 bits per heavy atom. The fourth-order valence-corrected chi connectivity index (χ4v) is 3.94. The lowest BCUT2D eigenvalue weighted by atomic mass is 9.98. The Bertz CT molecular complexity index is 676.